The van der Waals surface area contributed by atoms with Gasteiger partial charge in [-0.3, -0.25) is 9.48 Å². The Bertz CT molecular complexity index is 1320. The molecule has 0 atom stereocenters. The summed E-state index contributed by atoms with van der Waals surface area (Å²) in [6, 6.07) is 7.40. The highest BCUT2D eigenvalue weighted by Gasteiger charge is 2.20. The molecule has 9 nitrogen and oxygen atoms in total. The molecule has 0 radical (unpaired) electrons. The third-order valence-corrected chi connectivity index (χ3v) is 5.64. The Kier molecular flexibility index (Phi) is 5.62. The van der Waals surface area contributed by atoms with Crippen LogP contribution in [0.2, 0.25) is 0 Å². The fourth-order valence-corrected chi connectivity index (χ4v) is 3.96. The first-order valence-corrected chi connectivity index (χ1v) is 10.8. The molecule has 0 unspecified atom stereocenters. The monoisotopic (exact) mass is 444 g/mol. The van der Waals surface area contributed by atoms with Crippen molar-refractivity contribution in [2.75, 3.05) is 18.5 Å². The smallest absolute Gasteiger partial charge is 0.247 e. The highest BCUT2D eigenvalue weighted by Crippen LogP contribution is 2.32. The van der Waals surface area contributed by atoms with Crippen LogP contribution in [0, 0.1) is 6.92 Å². The summed E-state index contributed by atoms with van der Waals surface area (Å²) in [6.45, 7) is 6.98. The van der Waals surface area contributed by atoms with Gasteiger partial charge in [0.05, 0.1) is 17.9 Å². The van der Waals surface area contributed by atoms with Crippen molar-refractivity contribution in [3.05, 3.63) is 61.2 Å². The Morgan fingerprint density at radius 1 is 1.33 bits per heavy atom. The minimum atomic E-state index is -0.290. The van der Waals surface area contributed by atoms with Crippen molar-refractivity contribution in [1.82, 2.24) is 24.7 Å². The van der Waals surface area contributed by atoms with Gasteiger partial charge in [-0.25, -0.2) is 9.97 Å². The number of fused-ring (bicyclic) bond motifs is 1. The average Bonchev–Trinajstić information content (AvgIpc) is 3.42. The quantitative estimate of drug-likeness (QED) is 0.427. The van der Waals surface area contributed by atoms with Crippen molar-refractivity contribution in [1.29, 1.82) is 0 Å². The van der Waals surface area contributed by atoms with E-state index in [1.165, 1.54) is 6.08 Å². The van der Waals surface area contributed by atoms with Gasteiger partial charge in [0.1, 0.15) is 11.3 Å². The second-order valence-electron chi connectivity index (χ2n) is 7.88. The predicted octanol–water partition coefficient (Wildman–Crippen LogP) is 4.40. The van der Waals surface area contributed by atoms with Gasteiger partial charge >= 0.3 is 0 Å². The third kappa shape index (κ3) is 4.35. The first-order valence-electron chi connectivity index (χ1n) is 10.8. The number of rotatable bonds is 6. The molecule has 9 heteroatoms. The molecule has 33 heavy (non-hydrogen) atoms. The first kappa shape index (κ1) is 20.9. The summed E-state index contributed by atoms with van der Waals surface area (Å²) in [7, 11) is 0. The molecule has 1 aliphatic rings. The van der Waals surface area contributed by atoms with Gasteiger partial charge < -0.3 is 19.8 Å². The minimum absolute atomic E-state index is 0.290. The molecule has 1 aromatic carbocycles. The number of carbonyl (C=O) groups excluding carboxylic acids is 1. The minimum Gasteiger partial charge on any atom is -0.437 e. The SMILES string of the molecule is C=CC(=O)Nc1cccc(Oc2cnc3[nH]cc(-c4cn(C5CCOCC5)nc4C)c3n2)c1. The molecule has 1 amide bonds. The maximum Gasteiger partial charge on any atom is 0.247 e. The topological polar surface area (TPSA) is 107 Å². The molecule has 0 saturated carbocycles. The highest BCUT2D eigenvalue weighted by atomic mass is 16.5. The van der Waals surface area contributed by atoms with Crippen molar-refractivity contribution in [2.45, 2.75) is 25.8 Å². The van der Waals surface area contributed by atoms with E-state index >= 15 is 0 Å². The van der Waals surface area contributed by atoms with Gasteiger partial charge in [-0.1, -0.05) is 12.6 Å². The molecule has 5 rings (SSSR count). The molecule has 1 saturated heterocycles. The zero-order valence-electron chi connectivity index (χ0n) is 18.2. The van der Waals surface area contributed by atoms with Crippen LogP contribution < -0.4 is 10.1 Å². The van der Waals surface area contributed by atoms with Crippen molar-refractivity contribution in [2.24, 2.45) is 0 Å². The Balaban J connectivity index is 1.43. The van der Waals surface area contributed by atoms with E-state index in [-0.39, 0.29) is 5.91 Å². The van der Waals surface area contributed by atoms with Gasteiger partial charge in [-0.15, -0.1) is 0 Å². The van der Waals surface area contributed by atoms with Crippen molar-refractivity contribution in [3.8, 4) is 22.8 Å². The molecule has 4 heterocycles. The van der Waals surface area contributed by atoms with Gasteiger partial charge in [0.2, 0.25) is 11.8 Å². The summed E-state index contributed by atoms with van der Waals surface area (Å²) in [5, 5.41) is 7.47. The van der Waals surface area contributed by atoms with E-state index in [0.29, 0.717) is 34.5 Å². The number of benzene rings is 1. The van der Waals surface area contributed by atoms with E-state index in [1.54, 1.807) is 30.5 Å². The van der Waals surface area contributed by atoms with E-state index < -0.39 is 0 Å². The molecule has 2 N–H and O–H groups in total. The molecule has 1 fully saturated rings. The van der Waals surface area contributed by atoms with Gasteiger partial charge in [0, 0.05) is 48.5 Å². The first-order chi connectivity index (χ1) is 16.1. The van der Waals surface area contributed by atoms with E-state index in [9.17, 15) is 4.79 Å². The molecular formula is C24H24N6O3. The summed E-state index contributed by atoms with van der Waals surface area (Å²) < 4.78 is 13.5. The van der Waals surface area contributed by atoms with E-state index in [2.05, 4.69) is 28.1 Å². The van der Waals surface area contributed by atoms with Crippen LogP contribution in [0.1, 0.15) is 24.6 Å². The third-order valence-electron chi connectivity index (χ3n) is 5.64. The maximum atomic E-state index is 11.6. The van der Waals surface area contributed by atoms with E-state index in [1.807, 2.05) is 17.8 Å². The number of anilines is 1. The number of nitrogens with zero attached hydrogens (tertiary/aromatic N) is 4. The number of H-pyrrole nitrogens is 1. The second kappa shape index (κ2) is 8.87. The molecular weight excluding hydrogens is 420 g/mol. The Hall–Kier alpha value is -3.98. The molecule has 0 bridgehead atoms. The molecule has 168 valence electrons. The zero-order chi connectivity index (χ0) is 22.8. The lowest BCUT2D eigenvalue weighted by atomic mass is 10.1. The normalized spacial score (nSPS) is 14.3. The number of carbonyl (C=O) groups is 1. The van der Waals surface area contributed by atoms with Gasteiger partial charge in [0.25, 0.3) is 0 Å². The fourth-order valence-electron chi connectivity index (χ4n) is 3.96. The summed E-state index contributed by atoms with van der Waals surface area (Å²) in [5.41, 5.74) is 4.84. The number of aromatic amines is 1. The standard InChI is InChI=1S/C24H24N6O3/c1-3-21(31)27-16-5-4-6-18(11-16)33-22-13-26-24-23(28-22)19(12-25-24)20-14-30(29-15(20)2)17-7-9-32-10-8-17/h3-6,11-14,17H,1,7-10H2,2H3,(H,25,26)(H,27,31). The molecule has 0 spiro atoms. The van der Waals surface area contributed by atoms with Crippen LogP contribution in [0.4, 0.5) is 5.69 Å². The van der Waals surface area contributed by atoms with Crippen molar-refractivity contribution < 1.29 is 14.3 Å². The lowest BCUT2D eigenvalue weighted by Crippen LogP contribution is -2.19. The Morgan fingerprint density at radius 2 is 2.18 bits per heavy atom. The van der Waals surface area contributed by atoms with Crippen LogP contribution in [0.3, 0.4) is 0 Å². The number of aromatic nitrogens is 5. The maximum absolute atomic E-state index is 11.6. The number of amides is 1. The van der Waals surface area contributed by atoms with Gasteiger partial charge in [0.15, 0.2) is 5.65 Å². The average molecular weight is 444 g/mol. The molecule has 3 aromatic heterocycles. The number of aryl methyl sites for hydroxylation is 1. The van der Waals surface area contributed by atoms with Crippen LogP contribution in [0.25, 0.3) is 22.3 Å². The van der Waals surface area contributed by atoms with Crippen LogP contribution in [0.15, 0.2) is 55.5 Å². The summed E-state index contributed by atoms with van der Waals surface area (Å²) in [5.74, 6) is 0.595. The van der Waals surface area contributed by atoms with Crippen LogP contribution in [-0.2, 0) is 9.53 Å². The Morgan fingerprint density at radius 3 is 3.00 bits per heavy atom. The lowest BCUT2D eigenvalue weighted by molar-refractivity contribution is -0.111. The van der Waals surface area contributed by atoms with Crippen LogP contribution >= 0.6 is 0 Å². The number of hydrogen-bond donors (Lipinski definition) is 2. The second-order valence-corrected chi connectivity index (χ2v) is 7.88. The van der Waals surface area contributed by atoms with Crippen molar-refractivity contribution in [3.63, 3.8) is 0 Å². The van der Waals surface area contributed by atoms with Crippen LogP contribution in [0.5, 0.6) is 11.6 Å². The summed E-state index contributed by atoms with van der Waals surface area (Å²) in [4.78, 5) is 23.9. The summed E-state index contributed by atoms with van der Waals surface area (Å²) in [6.07, 6.45) is 8.67. The molecule has 0 aliphatic carbocycles. The van der Waals surface area contributed by atoms with E-state index in [0.717, 1.165) is 42.9 Å². The molecule has 1 aliphatic heterocycles. The van der Waals surface area contributed by atoms with Gasteiger partial charge in [-0.05, 0) is 38.0 Å². The van der Waals surface area contributed by atoms with Crippen molar-refractivity contribution >= 4 is 22.8 Å². The number of nitrogens with one attached hydrogen (secondary N) is 2. The number of ether oxygens (including phenoxy) is 2. The zero-order valence-corrected chi connectivity index (χ0v) is 18.2. The largest absolute Gasteiger partial charge is 0.437 e. The highest BCUT2D eigenvalue weighted by molar-refractivity contribution is 5.99. The fraction of sp³-hybridized carbons (Fsp3) is 0.250. The molecule has 4 aromatic rings. The lowest BCUT2D eigenvalue weighted by Gasteiger charge is -2.22. The van der Waals surface area contributed by atoms with E-state index in [4.69, 9.17) is 19.6 Å². The summed E-state index contributed by atoms with van der Waals surface area (Å²) >= 11 is 0. The van der Waals surface area contributed by atoms with Gasteiger partial charge in [-0.2, -0.15) is 5.10 Å². The number of hydrogen-bond acceptors (Lipinski definition) is 6. The van der Waals surface area contributed by atoms with Crippen LogP contribution in [-0.4, -0.2) is 43.9 Å². The Labute approximate surface area is 190 Å². The predicted molar refractivity (Wildman–Crippen MR) is 124 cm³/mol.